The maximum atomic E-state index is 10.9. The Morgan fingerprint density at radius 1 is 1.35 bits per heavy atom. The smallest absolute Gasteiger partial charge is 0.337 e. The van der Waals surface area contributed by atoms with Crippen molar-refractivity contribution < 1.29 is 9.90 Å². The molecule has 2 heterocycles. The summed E-state index contributed by atoms with van der Waals surface area (Å²) in [4.78, 5) is 22.4. The number of rotatable bonds is 2. The molecule has 0 spiro atoms. The average molecular weight is 332 g/mol. The highest BCUT2D eigenvalue weighted by atomic mass is 79.9. The number of hydrogen-bond donors (Lipinski definition) is 2. The molecule has 0 fully saturated rings. The topological polar surface area (TPSA) is 78.9 Å². The molecule has 0 bridgehead atoms. The van der Waals surface area contributed by atoms with E-state index in [0.717, 1.165) is 15.6 Å². The van der Waals surface area contributed by atoms with Gasteiger partial charge in [0.2, 0.25) is 0 Å². The fourth-order valence-corrected chi connectivity index (χ4v) is 2.27. The quantitative estimate of drug-likeness (QED) is 0.754. The van der Waals surface area contributed by atoms with Gasteiger partial charge in [0.1, 0.15) is 5.82 Å². The lowest BCUT2D eigenvalue weighted by Gasteiger charge is -2.00. The molecule has 3 rings (SSSR count). The van der Waals surface area contributed by atoms with Crippen molar-refractivity contribution in [2.75, 3.05) is 0 Å². The second-order valence-electron chi connectivity index (χ2n) is 4.45. The Balaban J connectivity index is 2.12. The molecule has 1 aromatic carbocycles. The summed E-state index contributed by atoms with van der Waals surface area (Å²) in [5.74, 6) is -0.343. The number of pyridine rings is 1. The molecule has 0 amide bonds. The molecule has 0 saturated heterocycles. The molecule has 20 heavy (non-hydrogen) atoms. The first-order chi connectivity index (χ1) is 9.54. The van der Waals surface area contributed by atoms with Gasteiger partial charge in [-0.1, -0.05) is 28.1 Å². The minimum absolute atomic E-state index is 0.137. The first-order valence-electron chi connectivity index (χ1n) is 5.90. The minimum atomic E-state index is -1.01. The van der Waals surface area contributed by atoms with Crippen molar-refractivity contribution >= 4 is 33.1 Å². The molecule has 0 unspecified atom stereocenters. The zero-order valence-electron chi connectivity index (χ0n) is 10.5. The number of carbonyl (C=O) groups is 1. The maximum absolute atomic E-state index is 10.9. The van der Waals surface area contributed by atoms with Crippen molar-refractivity contribution in [2.24, 2.45) is 0 Å². The van der Waals surface area contributed by atoms with Crippen molar-refractivity contribution in [1.29, 1.82) is 0 Å². The Kier molecular flexibility index (Phi) is 3.02. The van der Waals surface area contributed by atoms with Gasteiger partial charge >= 0.3 is 5.97 Å². The Morgan fingerprint density at radius 2 is 2.15 bits per heavy atom. The first-order valence-corrected chi connectivity index (χ1v) is 6.69. The van der Waals surface area contributed by atoms with Gasteiger partial charge in [0.05, 0.1) is 11.1 Å². The van der Waals surface area contributed by atoms with Gasteiger partial charge in [0, 0.05) is 16.2 Å². The molecule has 3 aromatic rings. The number of nitrogens with zero attached hydrogens (tertiary/aromatic N) is 2. The van der Waals surface area contributed by atoms with E-state index < -0.39 is 5.97 Å². The van der Waals surface area contributed by atoms with Crippen molar-refractivity contribution in [3.05, 3.63) is 46.1 Å². The summed E-state index contributed by atoms with van der Waals surface area (Å²) in [6.45, 7) is 2.01. The Bertz CT molecular complexity index is 826. The fourth-order valence-electron chi connectivity index (χ4n) is 1.89. The highest BCUT2D eigenvalue weighted by molar-refractivity contribution is 9.10. The van der Waals surface area contributed by atoms with E-state index in [9.17, 15) is 4.79 Å². The zero-order chi connectivity index (χ0) is 14.3. The van der Waals surface area contributed by atoms with E-state index in [-0.39, 0.29) is 5.56 Å². The molecule has 6 heteroatoms. The lowest BCUT2D eigenvalue weighted by atomic mass is 10.1. The Morgan fingerprint density at radius 3 is 2.85 bits per heavy atom. The minimum Gasteiger partial charge on any atom is -0.478 e. The second kappa shape index (κ2) is 4.72. The number of halogens is 1. The van der Waals surface area contributed by atoms with Gasteiger partial charge in [-0.25, -0.2) is 14.8 Å². The fraction of sp³-hybridized carbons (Fsp3) is 0.0714. The van der Waals surface area contributed by atoms with E-state index in [2.05, 4.69) is 30.9 Å². The number of benzene rings is 1. The zero-order valence-corrected chi connectivity index (χ0v) is 12.1. The monoisotopic (exact) mass is 331 g/mol. The predicted molar refractivity (Wildman–Crippen MR) is 78.7 cm³/mol. The first kappa shape index (κ1) is 12.8. The van der Waals surface area contributed by atoms with E-state index in [1.165, 1.54) is 12.3 Å². The van der Waals surface area contributed by atoms with Crippen LogP contribution in [0.15, 0.2) is 34.9 Å². The molecule has 0 saturated carbocycles. The standard InChI is InChI=1S/C14H10BrN3O2/c1-7-2-3-8(4-10(7)15)12-17-11-5-9(14(19)20)6-16-13(11)18-12/h2-6H,1H3,(H,19,20)(H,16,17,18). The van der Waals surface area contributed by atoms with Gasteiger partial charge in [-0.05, 0) is 24.6 Å². The molecular weight excluding hydrogens is 322 g/mol. The van der Waals surface area contributed by atoms with Crippen LogP contribution < -0.4 is 0 Å². The van der Waals surface area contributed by atoms with Crippen LogP contribution in [-0.4, -0.2) is 26.0 Å². The Hall–Kier alpha value is -2.21. The summed E-state index contributed by atoms with van der Waals surface area (Å²) in [7, 11) is 0. The van der Waals surface area contributed by atoms with Crippen LogP contribution in [0.2, 0.25) is 0 Å². The predicted octanol–water partition coefficient (Wildman–Crippen LogP) is 3.39. The highest BCUT2D eigenvalue weighted by Gasteiger charge is 2.10. The van der Waals surface area contributed by atoms with E-state index in [0.29, 0.717) is 17.0 Å². The van der Waals surface area contributed by atoms with Crippen LogP contribution in [0.1, 0.15) is 15.9 Å². The van der Waals surface area contributed by atoms with Gasteiger partial charge in [-0.2, -0.15) is 0 Å². The van der Waals surface area contributed by atoms with Gasteiger partial charge in [-0.15, -0.1) is 0 Å². The van der Waals surface area contributed by atoms with Crippen molar-refractivity contribution in [3.8, 4) is 11.4 Å². The normalized spacial score (nSPS) is 10.9. The van der Waals surface area contributed by atoms with Crippen LogP contribution in [0, 0.1) is 6.92 Å². The third-order valence-corrected chi connectivity index (χ3v) is 3.88. The lowest BCUT2D eigenvalue weighted by molar-refractivity contribution is 0.0696. The number of imidazole rings is 1. The van der Waals surface area contributed by atoms with Gasteiger partial charge in [-0.3, -0.25) is 0 Å². The van der Waals surface area contributed by atoms with Crippen molar-refractivity contribution in [1.82, 2.24) is 15.0 Å². The van der Waals surface area contributed by atoms with Crippen LogP contribution in [0.5, 0.6) is 0 Å². The summed E-state index contributed by atoms with van der Waals surface area (Å²) in [6.07, 6.45) is 1.31. The third-order valence-electron chi connectivity index (χ3n) is 3.03. The number of hydrogen-bond acceptors (Lipinski definition) is 3. The van der Waals surface area contributed by atoms with Gasteiger partial charge in [0.15, 0.2) is 5.65 Å². The summed E-state index contributed by atoms with van der Waals surface area (Å²) in [6, 6.07) is 7.44. The second-order valence-corrected chi connectivity index (χ2v) is 5.30. The van der Waals surface area contributed by atoms with E-state index >= 15 is 0 Å². The number of fused-ring (bicyclic) bond motifs is 1. The molecule has 2 aromatic heterocycles. The number of aromatic amines is 1. The average Bonchev–Trinajstić information content (AvgIpc) is 2.84. The molecule has 5 nitrogen and oxygen atoms in total. The third kappa shape index (κ3) is 2.18. The van der Waals surface area contributed by atoms with E-state index in [1.54, 1.807) is 0 Å². The molecular formula is C14H10BrN3O2. The van der Waals surface area contributed by atoms with Gasteiger partial charge < -0.3 is 10.1 Å². The summed E-state index contributed by atoms with van der Waals surface area (Å²) in [5, 5.41) is 8.95. The van der Waals surface area contributed by atoms with Crippen molar-refractivity contribution in [3.63, 3.8) is 0 Å². The summed E-state index contributed by atoms with van der Waals surface area (Å²) < 4.78 is 0.995. The number of carboxylic acids is 1. The Labute approximate surface area is 122 Å². The number of nitrogens with one attached hydrogen (secondary N) is 1. The highest BCUT2D eigenvalue weighted by Crippen LogP contribution is 2.25. The largest absolute Gasteiger partial charge is 0.478 e. The molecule has 100 valence electrons. The van der Waals surface area contributed by atoms with Gasteiger partial charge in [0.25, 0.3) is 0 Å². The van der Waals surface area contributed by atoms with Crippen LogP contribution in [0.3, 0.4) is 0 Å². The number of carboxylic acid groups (broad SMARTS) is 1. The summed E-state index contributed by atoms with van der Waals surface area (Å²) >= 11 is 3.48. The van der Waals surface area contributed by atoms with Crippen molar-refractivity contribution in [2.45, 2.75) is 6.92 Å². The number of aromatic carboxylic acids is 1. The van der Waals surface area contributed by atoms with Crippen LogP contribution in [0.4, 0.5) is 0 Å². The van der Waals surface area contributed by atoms with Crippen LogP contribution in [0.25, 0.3) is 22.6 Å². The summed E-state index contributed by atoms with van der Waals surface area (Å²) in [5.41, 5.74) is 3.30. The molecule has 0 aliphatic heterocycles. The molecule has 0 radical (unpaired) electrons. The van der Waals surface area contributed by atoms with Crippen LogP contribution >= 0.6 is 15.9 Å². The molecule has 0 aliphatic rings. The SMILES string of the molecule is Cc1ccc(-c2nc3ncc(C(=O)O)cc3[nH]2)cc1Br. The molecule has 2 N–H and O–H groups in total. The lowest BCUT2D eigenvalue weighted by Crippen LogP contribution is -1.96. The van der Waals surface area contributed by atoms with E-state index in [4.69, 9.17) is 5.11 Å². The van der Waals surface area contributed by atoms with Crippen LogP contribution in [-0.2, 0) is 0 Å². The number of aromatic nitrogens is 3. The number of H-pyrrole nitrogens is 1. The number of aryl methyl sites for hydroxylation is 1. The molecule has 0 atom stereocenters. The molecule has 0 aliphatic carbocycles. The van der Waals surface area contributed by atoms with E-state index in [1.807, 2.05) is 25.1 Å². The maximum Gasteiger partial charge on any atom is 0.337 e.